The molecule has 0 radical (unpaired) electrons. The zero-order valence-corrected chi connectivity index (χ0v) is 14.0. The van der Waals surface area contributed by atoms with Crippen molar-refractivity contribution >= 4 is 17.5 Å². The van der Waals surface area contributed by atoms with Gasteiger partial charge in [-0.1, -0.05) is 13.8 Å². The summed E-state index contributed by atoms with van der Waals surface area (Å²) in [4.78, 5) is 36.5. The standard InChI is InChI=1S/C17H25NO4/c1-10-11(2)15(21)13(12(3)14(10)20)6-7-17(4,5)16(22)18-8-9-19/h19H,6-9H2,1-5H3,(H,18,22). The van der Waals surface area contributed by atoms with E-state index in [1.54, 1.807) is 34.6 Å². The van der Waals surface area contributed by atoms with Gasteiger partial charge < -0.3 is 10.4 Å². The molecule has 0 aliphatic heterocycles. The molecule has 2 N–H and O–H groups in total. The van der Waals surface area contributed by atoms with Crippen LogP contribution < -0.4 is 5.32 Å². The van der Waals surface area contributed by atoms with Crippen molar-refractivity contribution in [2.45, 2.75) is 47.5 Å². The minimum absolute atomic E-state index is 0.0883. The van der Waals surface area contributed by atoms with Crippen LogP contribution in [0.15, 0.2) is 22.3 Å². The van der Waals surface area contributed by atoms with Crippen molar-refractivity contribution in [1.82, 2.24) is 5.32 Å². The third-order valence-corrected chi connectivity index (χ3v) is 4.32. The number of amides is 1. The lowest BCUT2D eigenvalue weighted by Crippen LogP contribution is -2.38. The highest BCUT2D eigenvalue weighted by Gasteiger charge is 2.32. The minimum Gasteiger partial charge on any atom is -0.395 e. The molecule has 0 atom stereocenters. The Hall–Kier alpha value is -1.75. The average Bonchev–Trinajstić information content (AvgIpc) is 2.48. The number of aliphatic hydroxyl groups is 1. The molecule has 0 aromatic carbocycles. The second-order valence-corrected chi connectivity index (χ2v) is 6.38. The molecule has 1 amide bonds. The van der Waals surface area contributed by atoms with Crippen LogP contribution in [0.2, 0.25) is 0 Å². The molecule has 1 rings (SSSR count). The van der Waals surface area contributed by atoms with Gasteiger partial charge in [-0.2, -0.15) is 0 Å². The normalized spacial score (nSPS) is 16.5. The third-order valence-electron chi connectivity index (χ3n) is 4.32. The molecule has 0 bridgehead atoms. The number of aliphatic hydroxyl groups excluding tert-OH is 1. The number of carbonyl (C=O) groups excluding carboxylic acids is 3. The Morgan fingerprint density at radius 1 is 1.05 bits per heavy atom. The van der Waals surface area contributed by atoms with Gasteiger partial charge in [0.2, 0.25) is 5.91 Å². The van der Waals surface area contributed by atoms with Gasteiger partial charge in [-0.05, 0) is 33.6 Å². The minimum atomic E-state index is -0.671. The second kappa shape index (κ2) is 7.01. The molecule has 0 aromatic rings. The topological polar surface area (TPSA) is 83.5 Å². The van der Waals surface area contributed by atoms with E-state index in [2.05, 4.69) is 5.32 Å². The van der Waals surface area contributed by atoms with Crippen LogP contribution in [0.5, 0.6) is 0 Å². The van der Waals surface area contributed by atoms with Gasteiger partial charge in [-0.3, -0.25) is 14.4 Å². The van der Waals surface area contributed by atoms with Crippen LogP contribution in [-0.2, 0) is 14.4 Å². The Bertz CT molecular complexity index is 567. The van der Waals surface area contributed by atoms with E-state index in [9.17, 15) is 14.4 Å². The van der Waals surface area contributed by atoms with E-state index in [1.807, 2.05) is 0 Å². The largest absolute Gasteiger partial charge is 0.395 e. The number of ketones is 2. The maximum atomic E-state index is 12.3. The molecule has 1 aliphatic carbocycles. The van der Waals surface area contributed by atoms with Gasteiger partial charge >= 0.3 is 0 Å². The van der Waals surface area contributed by atoms with Gasteiger partial charge in [0.05, 0.1) is 6.61 Å². The summed E-state index contributed by atoms with van der Waals surface area (Å²) in [5, 5.41) is 11.4. The van der Waals surface area contributed by atoms with Gasteiger partial charge in [0.1, 0.15) is 0 Å². The summed E-state index contributed by atoms with van der Waals surface area (Å²) in [6.07, 6.45) is 0.850. The predicted molar refractivity (Wildman–Crippen MR) is 84.2 cm³/mol. The van der Waals surface area contributed by atoms with Crippen LogP contribution in [0.25, 0.3) is 0 Å². The van der Waals surface area contributed by atoms with Crippen LogP contribution in [-0.4, -0.2) is 35.7 Å². The first-order chi connectivity index (χ1) is 10.1. The van der Waals surface area contributed by atoms with E-state index in [0.29, 0.717) is 35.1 Å². The van der Waals surface area contributed by atoms with Crippen LogP contribution in [0.3, 0.4) is 0 Å². The summed E-state index contributed by atoms with van der Waals surface area (Å²) in [6, 6.07) is 0. The number of Topliss-reactive ketones (excluding diaryl/α,β-unsaturated/α-hetero) is 2. The van der Waals surface area contributed by atoms with Crippen molar-refractivity contribution in [3.63, 3.8) is 0 Å². The Morgan fingerprint density at radius 3 is 2.14 bits per heavy atom. The molecule has 0 saturated heterocycles. The number of hydrogen-bond donors (Lipinski definition) is 2. The Morgan fingerprint density at radius 2 is 1.59 bits per heavy atom. The van der Waals surface area contributed by atoms with E-state index < -0.39 is 5.41 Å². The molecular weight excluding hydrogens is 282 g/mol. The molecule has 0 unspecified atom stereocenters. The quantitative estimate of drug-likeness (QED) is 0.732. The lowest BCUT2D eigenvalue weighted by atomic mass is 9.79. The lowest BCUT2D eigenvalue weighted by Gasteiger charge is -2.25. The highest BCUT2D eigenvalue weighted by molar-refractivity contribution is 6.24. The molecule has 5 heteroatoms. The number of carbonyl (C=O) groups is 3. The molecule has 0 aromatic heterocycles. The van der Waals surface area contributed by atoms with Crippen LogP contribution in [0.1, 0.15) is 47.5 Å². The molecule has 122 valence electrons. The molecule has 22 heavy (non-hydrogen) atoms. The van der Waals surface area contributed by atoms with Crippen LogP contribution in [0.4, 0.5) is 0 Å². The number of allylic oxidation sites excluding steroid dienone is 4. The summed E-state index contributed by atoms with van der Waals surface area (Å²) < 4.78 is 0. The summed E-state index contributed by atoms with van der Waals surface area (Å²) in [6.45, 7) is 8.69. The molecule has 0 saturated carbocycles. The molecule has 0 heterocycles. The summed E-state index contributed by atoms with van der Waals surface area (Å²) >= 11 is 0. The van der Waals surface area contributed by atoms with Gasteiger partial charge in [0.25, 0.3) is 0 Å². The highest BCUT2D eigenvalue weighted by Crippen LogP contribution is 2.31. The van der Waals surface area contributed by atoms with Crippen LogP contribution in [0, 0.1) is 5.41 Å². The van der Waals surface area contributed by atoms with Crippen molar-refractivity contribution in [3.8, 4) is 0 Å². The van der Waals surface area contributed by atoms with E-state index in [1.165, 1.54) is 0 Å². The number of rotatable bonds is 6. The van der Waals surface area contributed by atoms with Crippen molar-refractivity contribution in [3.05, 3.63) is 22.3 Å². The van der Waals surface area contributed by atoms with Gasteiger partial charge in [-0.25, -0.2) is 0 Å². The van der Waals surface area contributed by atoms with E-state index >= 15 is 0 Å². The number of hydrogen-bond acceptors (Lipinski definition) is 4. The third kappa shape index (κ3) is 3.71. The van der Waals surface area contributed by atoms with Crippen molar-refractivity contribution in [2.24, 2.45) is 5.41 Å². The summed E-state index contributed by atoms with van der Waals surface area (Å²) in [7, 11) is 0. The number of nitrogens with one attached hydrogen (secondary N) is 1. The zero-order chi connectivity index (χ0) is 17.1. The molecule has 5 nitrogen and oxygen atoms in total. The summed E-state index contributed by atoms with van der Waals surface area (Å²) in [5.41, 5.74) is 1.32. The molecular formula is C17H25NO4. The van der Waals surface area contributed by atoms with E-state index in [0.717, 1.165) is 0 Å². The van der Waals surface area contributed by atoms with Gasteiger partial charge in [0, 0.05) is 34.3 Å². The maximum absolute atomic E-state index is 12.3. The van der Waals surface area contributed by atoms with E-state index in [4.69, 9.17) is 5.11 Å². The zero-order valence-electron chi connectivity index (χ0n) is 14.0. The fraction of sp³-hybridized carbons (Fsp3) is 0.588. The SMILES string of the molecule is CC1=C(C)C(=O)C(CCC(C)(C)C(=O)NCCO)=C(C)C1=O. The monoisotopic (exact) mass is 307 g/mol. The summed E-state index contributed by atoms with van der Waals surface area (Å²) in [5.74, 6) is -0.353. The first kappa shape index (κ1) is 18.3. The van der Waals surface area contributed by atoms with Gasteiger partial charge in [0.15, 0.2) is 11.6 Å². The lowest BCUT2D eigenvalue weighted by molar-refractivity contribution is -0.130. The average molecular weight is 307 g/mol. The molecule has 0 fully saturated rings. The van der Waals surface area contributed by atoms with E-state index in [-0.39, 0.29) is 30.6 Å². The fourth-order valence-corrected chi connectivity index (χ4v) is 2.42. The van der Waals surface area contributed by atoms with Crippen molar-refractivity contribution < 1.29 is 19.5 Å². The Labute approximate surface area is 131 Å². The van der Waals surface area contributed by atoms with Crippen LogP contribution >= 0.6 is 0 Å². The molecule has 0 spiro atoms. The van der Waals surface area contributed by atoms with Crippen molar-refractivity contribution in [2.75, 3.05) is 13.2 Å². The Balaban J connectivity index is 2.85. The highest BCUT2D eigenvalue weighted by atomic mass is 16.3. The maximum Gasteiger partial charge on any atom is 0.225 e. The Kier molecular flexibility index (Phi) is 5.83. The van der Waals surface area contributed by atoms with Crippen molar-refractivity contribution in [1.29, 1.82) is 0 Å². The fourth-order valence-electron chi connectivity index (χ4n) is 2.42. The first-order valence-electron chi connectivity index (χ1n) is 7.49. The molecule has 1 aliphatic rings. The second-order valence-electron chi connectivity index (χ2n) is 6.38. The van der Waals surface area contributed by atoms with Gasteiger partial charge in [-0.15, -0.1) is 0 Å². The predicted octanol–water partition coefficient (Wildman–Crippen LogP) is 1.71. The first-order valence-corrected chi connectivity index (χ1v) is 7.49. The smallest absolute Gasteiger partial charge is 0.225 e.